The third-order valence-corrected chi connectivity index (χ3v) is 2.88. The second kappa shape index (κ2) is 5.15. The van der Waals surface area contributed by atoms with Crippen LogP contribution in [-0.2, 0) is 20.1 Å². The first kappa shape index (κ1) is 13.0. The molecule has 8 heteroatoms. The van der Waals surface area contributed by atoms with Crippen LogP contribution in [0.2, 0.25) is 0 Å². The van der Waals surface area contributed by atoms with Crippen molar-refractivity contribution in [2.45, 2.75) is 0 Å². The Bertz CT molecular complexity index is 630. The summed E-state index contributed by atoms with van der Waals surface area (Å²) in [6.45, 7) is 0. The summed E-state index contributed by atoms with van der Waals surface area (Å²) in [6.07, 6.45) is 6.30. The van der Waals surface area contributed by atoms with Crippen molar-refractivity contribution in [1.82, 2.24) is 9.97 Å². The topological polar surface area (TPSA) is 58.5 Å². The number of fused-ring (bicyclic) bond motifs is 1. The summed E-state index contributed by atoms with van der Waals surface area (Å²) in [5, 5.41) is 0. The summed E-state index contributed by atoms with van der Waals surface area (Å²) in [6, 6.07) is 8.89. The number of hydrogen-bond donors (Lipinski definition) is 0. The molecule has 0 spiro atoms. The van der Waals surface area contributed by atoms with Gasteiger partial charge in [-0.1, -0.05) is 12.1 Å². The number of aromatic nitrogens is 2. The van der Waals surface area contributed by atoms with E-state index in [9.17, 15) is 0 Å². The van der Waals surface area contributed by atoms with Gasteiger partial charge in [0, 0.05) is 20.1 Å². The maximum atomic E-state index is 5.35. The van der Waals surface area contributed by atoms with Gasteiger partial charge in [0.15, 0.2) is 0 Å². The van der Waals surface area contributed by atoms with Gasteiger partial charge in [-0.2, -0.15) is 0 Å². The zero-order valence-corrected chi connectivity index (χ0v) is 12.5. The molecule has 100 valence electrons. The SMILES string of the molecule is [B]1N(c2ncco2)c2ccccc2N1c1ncco1.[Ir]. The first-order chi connectivity index (χ1) is 9.43. The van der Waals surface area contributed by atoms with Crippen LogP contribution in [0.25, 0.3) is 0 Å². The van der Waals surface area contributed by atoms with Crippen LogP contribution in [-0.4, -0.2) is 17.5 Å². The molecule has 1 aliphatic heterocycles. The van der Waals surface area contributed by atoms with Crippen LogP contribution in [0.5, 0.6) is 0 Å². The Hall–Kier alpha value is -2.05. The van der Waals surface area contributed by atoms with Gasteiger partial charge in [0.05, 0.1) is 23.8 Å². The second-order valence-electron chi connectivity index (χ2n) is 3.97. The third-order valence-electron chi connectivity index (χ3n) is 2.88. The van der Waals surface area contributed by atoms with Gasteiger partial charge in [0.2, 0.25) is 0 Å². The number of hydrogen-bond acceptors (Lipinski definition) is 6. The summed E-state index contributed by atoms with van der Waals surface area (Å²) >= 11 is 0. The van der Waals surface area contributed by atoms with Gasteiger partial charge in [-0.15, -0.1) is 0 Å². The van der Waals surface area contributed by atoms with E-state index in [1.807, 2.05) is 41.4 Å². The molecule has 0 aliphatic carbocycles. The van der Waals surface area contributed by atoms with E-state index in [-0.39, 0.29) is 20.1 Å². The number of benzene rings is 1. The van der Waals surface area contributed by atoms with Crippen LogP contribution in [0, 0.1) is 0 Å². The Labute approximate surface area is 129 Å². The van der Waals surface area contributed by atoms with E-state index in [0.717, 1.165) is 11.4 Å². The Morgan fingerprint density at radius 3 is 1.75 bits per heavy atom. The molecule has 1 aromatic carbocycles. The van der Waals surface area contributed by atoms with Gasteiger partial charge in [-0.3, -0.25) is 0 Å². The van der Waals surface area contributed by atoms with E-state index in [4.69, 9.17) is 8.83 Å². The molecular weight excluding hydrogens is 435 g/mol. The predicted molar refractivity (Wildman–Crippen MR) is 69.5 cm³/mol. The summed E-state index contributed by atoms with van der Waals surface area (Å²) < 4.78 is 10.7. The molecule has 0 unspecified atom stereocenters. The van der Waals surface area contributed by atoms with Crippen molar-refractivity contribution in [2.75, 3.05) is 9.62 Å². The first-order valence-electron chi connectivity index (χ1n) is 5.75. The molecule has 20 heavy (non-hydrogen) atoms. The number of rotatable bonds is 2. The average molecular weight is 443 g/mol. The Kier molecular flexibility index (Phi) is 3.34. The standard InChI is InChI=1S/C12H8BN4O2.Ir/c1-2-4-10-9(3-1)16(11-14-5-7-18-11)13-17(10)12-15-6-8-19-12;/h1-8H;. The minimum atomic E-state index is 0. The van der Waals surface area contributed by atoms with Crippen LogP contribution in [0.15, 0.2) is 58.0 Å². The molecule has 1 aliphatic rings. The second-order valence-corrected chi connectivity index (χ2v) is 3.97. The van der Waals surface area contributed by atoms with Crippen molar-refractivity contribution < 1.29 is 28.9 Å². The molecule has 6 nitrogen and oxygen atoms in total. The summed E-state index contributed by atoms with van der Waals surface area (Å²) in [7, 11) is 1.84. The maximum absolute atomic E-state index is 5.35. The van der Waals surface area contributed by atoms with Gasteiger partial charge in [-0.25, -0.2) is 9.97 Å². The molecule has 2 radical (unpaired) electrons. The van der Waals surface area contributed by atoms with E-state index in [0.29, 0.717) is 12.0 Å². The van der Waals surface area contributed by atoms with Crippen molar-refractivity contribution in [3.8, 4) is 0 Å². The Balaban J connectivity index is 0.00000121. The molecule has 3 heterocycles. The maximum Gasteiger partial charge on any atom is 0.409 e. The van der Waals surface area contributed by atoms with Gasteiger partial charge >= 0.3 is 7.55 Å². The number of oxazole rings is 2. The van der Waals surface area contributed by atoms with Gasteiger partial charge in [-0.05, 0) is 12.1 Å². The number of anilines is 4. The zero-order valence-electron chi connectivity index (χ0n) is 10.1. The van der Waals surface area contributed by atoms with E-state index < -0.39 is 0 Å². The molecule has 0 amide bonds. The first-order valence-corrected chi connectivity index (χ1v) is 5.75. The van der Waals surface area contributed by atoms with Crippen LogP contribution in [0.1, 0.15) is 0 Å². The molecular formula is C12H8BIrN4O2. The van der Waals surface area contributed by atoms with Crippen molar-refractivity contribution in [3.63, 3.8) is 0 Å². The monoisotopic (exact) mass is 444 g/mol. The largest absolute Gasteiger partial charge is 0.433 e. The Morgan fingerprint density at radius 2 is 1.35 bits per heavy atom. The summed E-state index contributed by atoms with van der Waals surface area (Å²) in [4.78, 5) is 12.0. The van der Waals surface area contributed by atoms with E-state index >= 15 is 0 Å². The molecule has 0 bridgehead atoms. The van der Waals surface area contributed by atoms with Crippen molar-refractivity contribution >= 4 is 31.0 Å². The molecule has 2 aromatic heterocycles. The minimum absolute atomic E-state index is 0. The van der Waals surface area contributed by atoms with Crippen molar-refractivity contribution in [3.05, 3.63) is 49.2 Å². The van der Waals surface area contributed by atoms with Crippen molar-refractivity contribution in [1.29, 1.82) is 0 Å². The van der Waals surface area contributed by atoms with Crippen molar-refractivity contribution in [2.24, 2.45) is 0 Å². The number of para-hydroxylation sites is 2. The Morgan fingerprint density at radius 1 is 0.850 bits per heavy atom. The molecule has 0 N–H and O–H groups in total. The van der Waals surface area contributed by atoms with Crippen LogP contribution in [0.3, 0.4) is 0 Å². The molecule has 4 rings (SSSR count). The minimum Gasteiger partial charge on any atom is -0.433 e. The molecule has 0 fully saturated rings. The molecule has 0 saturated carbocycles. The van der Waals surface area contributed by atoms with E-state index in [1.165, 1.54) is 0 Å². The quantitative estimate of drug-likeness (QED) is 0.568. The van der Waals surface area contributed by atoms with Crippen LogP contribution >= 0.6 is 0 Å². The average Bonchev–Trinajstić information content (AvgIpc) is 3.18. The van der Waals surface area contributed by atoms with Crippen LogP contribution in [0.4, 0.5) is 23.4 Å². The van der Waals surface area contributed by atoms with Gasteiger partial charge in [0.25, 0.3) is 12.0 Å². The molecule has 3 aromatic rings. The zero-order chi connectivity index (χ0) is 12.7. The fraction of sp³-hybridized carbons (Fsp3) is 0. The smallest absolute Gasteiger partial charge is 0.409 e. The van der Waals surface area contributed by atoms with Gasteiger partial charge < -0.3 is 18.5 Å². The summed E-state index contributed by atoms with van der Waals surface area (Å²) in [5.41, 5.74) is 1.92. The van der Waals surface area contributed by atoms with E-state index in [1.54, 1.807) is 24.9 Å². The molecule has 0 atom stereocenters. The molecule has 0 saturated heterocycles. The number of nitrogens with zero attached hydrogens (tertiary/aromatic N) is 4. The summed E-state index contributed by atoms with van der Waals surface area (Å²) in [5.74, 6) is 0. The predicted octanol–water partition coefficient (Wildman–Crippen LogP) is 2.48. The third kappa shape index (κ3) is 1.93. The normalized spacial score (nSPS) is 12.8. The fourth-order valence-corrected chi connectivity index (χ4v) is 2.09. The van der Waals surface area contributed by atoms with Gasteiger partial charge in [0.1, 0.15) is 12.5 Å². The fourth-order valence-electron chi connectivity index (χ4n) is 2.09. The van der Waals surface area contributed by atoms with E-state index in [2.05, 4.69) is 9.97 Å². The van der Waals surface area contributed by atoms with Crippen LogP contribution < -0.4 is 9.62 Å².